The molecule has 0 spiro atoms. The van der Waals surface area contributed by atoms with Crippen molar-refractivity contribution in [2.75, 3.05) is 30.8 Å². The number of hydrogen-bond acceptors (Lipinski definition) is 6. The molecule has 8 nitrogen and oxygen atoms in total. The van der Waals surface area contributed by atoms with Gasteiger partial charge in [-0.25, -0.2) is 13.2 Å². The number of hydrogen-bond donors (Lipinski definition) is 1. The number of sulfonamides is 1. The normalized spacial score (nSPS) is 10.8. The Labute approximate surface area is 151 Å². The van der Waals surface area contributed by atoms with Crippen LogP contribution in [0.4, 0.5) is 5.69 Å². The fraction of sp³-hybridized carbons (Fsp3) is 0.235. The topological polar surface area (TPSA) is 106 Å². The fourth-order valence-corrected chi connectivity index (χ4v) is 3.25. The van der Waals surface area contributed by atoms with Gasteiger partial charge in [-0.1, -0.05) is 12.1 Å². The van der Waals surface area contributed by atoms with Crippen LogP contribution in [0.2, 0.25) is 0 Å². The van der Waals surface area contributed by atoms with E-state index >= 15 is 0 Å². The van der Waals surface area contributed by atoms with Crippen molar-refractivity contribution in [2.24, 2.45) is 0 Å². The maximum Gasteiger partial charge on any atom is 0.340 e. The number of ether oxygens (including phenoxy) is 1. The standard InChI is InChI=1S/C17H19N3O5S/c1-25-17(22)14-7-3-4-8-15(14)20(26(2,23)24)11-10-19-16(21)13-6-5-9-18-12-13/h3-9,12H,10-11H2,1-2H3,(H,19,21). The molecule has 9 heteroatoms. The highest BCUT2D eigenvalue weighted by molar-refractivity contribution is 7.92. The van der Waals surface area contributed by atoms with Crippen LogP contribution in [0, 0.1) is 0 Å². The number of esters is 1. The van der Waals surface area contributed by atoms with E-state index in [0.29, 0.717) is 5.56 Å². The van der Waals surface area contributed by atoms with Crippen LogP contribution in [0.3, 0.4) is 0 Å². The van der Waals surface area contributed by atoms with Crippen molar-refractivity contribution in [3.05, 3.63) is 59.9 Å². The molecule has 1 aromatic carbocycles. The first-order valence-electron chi connectivity index (χ1n) is 7.68. The molecule has 138 valence electrons. The Morgan fingerprint density at radius 2 is 1.92 bits per heavy atom. The van der Waals surface area contributed by atoms with Crippen molar-refractivity contribution >= 4 is 27.6 Å². The molecular formula is C17H19N3O5S. The quantitative estimate of drug-likeness (QED) is 0.724. The summed E-state index contributed by atoms with van der Waals surface area (Å²) in [7, 11) is -2.46. The highest BCUT2D eigenvalue weighted by Crippen LogP contribution is 2.23. The number of amides is 1. The molecule has 2 rings (SSSR count). The van der Waals surface area contributed by atoms with Crippen LogP contribution in [0.25, 0.3) is 0 Å². The van der Waals surface area contributed by atoms with Gasteiger partial charge in [0.25, 0.3) is 5.91 Å². The lowest BCUT2D eigenvalue weighted by Gasteiger charge is -2.24. The van der Waals surface area contributed by atoms with Crippen LogP contribution in [-0.4, -0.2) is 51.7 Å². The zero-order valence-corrected chi connectivity index (χ0v) is 15.2. The van der Waals surface area contributed by atoms with E-state index in [9.17, 15) is 18.0 Å². The molecule has 0 saturated heterocycles. The molecule has 0 bridgehead atoms. The minimum Gasteiger partial charge on any atom is -0.465 e. The van der Waals surface area contributed by atoms with Gasteiger partial charge in [-0.3, -0.25) is 14.1 Å². The molecule has 1 heterocycles. The second-order valence-electron chi connectivity index (χ2n) is 5.34. The molecule has 2 aromatic rings. The van der Waals surface area contributed by atoms with Gasteiger partial charge < -0.3 is 10.1 Å². The molecule has 0 aliphatic rings. The first-order chi connectivity index (χ1) is 12.3. The predicted molar refractivity (Wildman–Crippen MR) is 96.5 cm³/mol. The molecule has 1 amide bonds. The number of para-hydroxylation sites is 1. The molecule has 0 fully saturated rings. The van der Waals surface area contributed by atoms with E-state index in [0.717, 1.165) is 10.6 Å². The number of rotatable bonds is 7. The lowest BCUT2D eigenvalue weighted by atomic mass is 10.2. The van der Waals surface area contributed by atoms with Gasteiger partial charge in [-0.05, 0) is 24.3 Å². The third-order valence-electron chi connectivity index (χ3n) is 3.50. The smallest absolute Gasteiger partial charge is 0.340 e. The predicted octanol–water partition coefficient (Wildman–Crippen LogP) is 1.06. The maximum atomic E-state index is 12.2. The molecule has 0 aliphatic carbocycles. The summed E-state index contributed by atoms with van der Waals surface area (Å²) >= 11 is 0. The molecule has 1 aromatic heterocycles. The molecule has 0 radical (unpaired) electrons. The van der Waals surface area contributed by atoms with Crippen molar-refractivity contribution in [3.8, 4) is 0 Å². The van der Waals surface area contributed by atoms with Crippen LogP contribution in [-0.2, 0) is 14.8 Å². The van der Waals surface area contributed by atoms with Crippen LogP contribution >= 0.6 is 0 Å². The molecule has 0 unspecified atom stereocenters. The SMILES string of the molecule is COC(=O)c1ccccc1N(CCNC(=O)c1cccnc1)S(C)(=O)=O. The Morgan fingerprint density at radius 3 is 2.54 bits per heavy atom. The first-order valence-corrected chi connectivity index (χ1v) is 9.52. The summed E-state index contributed by atoms with van der Waals surface area (Å²) in [6.07, 6.45) is 3.99. The summed E-state index contributed by atoms with van der Waals surface area (Å²) in [6.45, 7) is 0.00908. The van der Waals surface area contributed by atoms with Gasteiger partial charge in [0.2, 0.25) is 10.0 Å². The zero-order valence-electron chi connectivity index (χ0n) is 14.4. The minimum absolute atomic E-state index is 0.0428. The minimum atomic E-state index is -3.68. The molecule has 0 aliphatic heterocycles. The van der Waals surface area contributed by atoms with E-state index in [4.69, 9.17) is 4.74 Å². The van der Waals surface area contributed by atoms with E-state index < -0.39 is 16.0 Å². The Balaban J connectivity index is 2.18. The molecular weight excluding hydrogens is 358 g/mol. The second-order valence-corrected chi connectivity index (χ2v) is 7.25. The van der Waals surface area contributed by atoms with Gasteiger partial charge in [0.15, 0.2) is 0 Å². The summed E-state index contributed by atoms with van der Waals surface area (Å²) in [5.74, 6) is -1.01. The zero-order chi connectivity index (χ0) is 19.2. The molecule has 1 N–H and O–H groups in total. The van der Waals surface area contributed by atoms with E-state index in [-0.39, 0.29) is 30.2 Å². The molecule has 26 heavy (non-hydrogen) atoms. The van der Waals surface area contributed by atoms with E-state index in [2.05, 4.69) is 10.3 Å². The summed E-state index contributed by atoms with van der Waals surface area (Å²) < 4.78 is 30.1. The highest BCUT2D eigenvalue weighted by Gasteiger charge is 2.23. The Kier molecular flexibility index (Phi) is 6.29. The van der Waals surface area contributed by atoms with Crippen LogP contribution < -0.4 is 9.62 Å². The number of pyridine rings is 1. The lowest BCUT2D eigenvalue weighted by molar-refractivity contribution is 0.0601. The van der Waals surface area contributed by atoms with Gasteiger partial charge in [0.05, 0.1) is 36.7 Å². The first kappa shape index (κ1) is 19.4. The number of aromatic nitrogens is 1. The number of methoxy groups -OCH3 is 1. The largest absolute Gasteiger partial charge is 0.465 e. The Morgan fingerprint density at radius 1 is 1.19 bits per heavy atom. The van der Waals surface area contributed by atoms with Crippen LogP contribution in [0.15, 0.2) is 48.8 Å². The molecule has 0 atom stereocenters. The highest BCUT2D eigenvalue weighted by atomic mass is 32.2. The van der Waals surface area contributed by atoms with Gasteiger partial charge in [0, 0.05) is 18.9 Å². The van der Waals surface area contributed by atoms with Crippen molar-refractivity contribution in [1.82, 2.24) is 10.3 Å². The van der Waals surface area contributed by atoms with Crippen molar-refractivity contribution in [1.29, 1.82) is 0 Å². The van der Waals surface area contributed by atoms with Crippen molar-refractivity contribution in [3.63, 3.8) is 0 Å². The molecule has 0 saturated carbocycles. The Bertz CT molecular complexity index is 884. The van der Waals surface area contributed by atoms with Gasteiger partial charge in [-0.2, -0.15) is 0 Å². The monoisotopic (exact) mass is 377 g/mol. The average Bonchev–Trinajstić information content (AvgIpc) is 2.64. The van der Waals surface area contributed by atoms with E-state index in [1.54, 1.807) is 30.5 Å². The number of anilines is 1. The van der Waals surface area contributed by atoms with Crippen LogP contribution in [0.5, 0.6) is 0 Å². The summed E-state index contributed by atoms with van der Waals surface area (Å²) in [6, 6.07) is 9.45. The summed E-state index contributed by atoms with van der Waals surface area (Å²) in [5, 5.41) is 2.63. The third-order valence-corrected chi connectivity index (χ3v) is 4.68. The van der Waals surface area contributed by atoms with Crippen molar-refractivity contribution < 1.29 is 22.7 Å². The van der Waals surface area contributed by atoms with Crippen molar-refractivity contribution in [2.45, 2.75) is 0 Å². The van der Waals surface area contributed by atoms with Gasteiger partial charge in [0.1, 0.15) is 0 Å². The van der Waals surface area contributed by atoms with E-state index in [1.165, 1.54) is 25.4 Å². The summed E-state index contributed by atoms with van der Waals surface area (Å²) in [4.78, 5) is 27.8. The lowest BCUT2D eigenvalue weighted by Crippen LogP contribution is -2.39. The van der Waals surface area contributed by atoms with E-state index in [1.807, 2.05) is 0 Å². The Hall–Kier alpha value is -2.94. The fourth-order valence-electron chi connectivity index (χ4n) is 2.31. The van der Waals surface area contributed by atoms with Gasteiger partial charge in [-0.15, -0.1) is 0 Å². The number of nitrogens with zero attached hydrogens (tertiary/aromatic N) is 2. The maximum absolute atomic E-state index is 12.2. The summed E-state index contributed by atoms with van der Waals surface area (Å²) in [5.41, 5.74) is 0.685. The number of nitrogens with one attached hydrogen (secondary N) is 1. The number of carbonyl (C=O) groups excluding carboxylic acids is 2. The third kappa shape index (κ3) is 4.79. The van der Waals surface area contributed by atoms with Crippen LogP contribution in [0.1, 0.15) is 20.7 Å². The van der Waals surface area contributed by atoms with Gasteiger partial charge >= 0.3 is 5.97 Å². The number of benzene rings is 1. The average molecular weight is 377 g/mol. The second kappa shape index (κ2) is 8.43. The number of carbonyl (C=O) groups is 2.